The number of carbonyl (C=O) groups is 2. The maximum atomic E-state index is 13.5. The Morgan fingerprint density at radius 2 is 1.70 bits per heavy atom. The van der Waals surface area contributed by atoms with Crippen LogP contribution in [-0.4, -0.2) is 11.6 Å². The maximum absolute atomic E-state index is 13.5. The summed E-state index contributed by atoms with van der Waals surface area (Å²) >= 11 is 0. The van der Waals surface area contributed by atoms with E-state index in [-0.39, 0.29) is 17.1 Å². The molecule has 0 heterocycles. The average Bonchev–Trinajstić information content (AvgIpc) is 2.38. The number of ketones is 2. The van der Waals surface area contributed by atoms with Crippen LogP contribution < -0.4 is 5.32 Å². The van der Waals surface area contributed by atoms with Crippen LogP contribution in [0.5, 0.6) is 0 Å². The van der Waals surface area contributed by atoms with E-state index in [9.17, 15) is 14.0 Å². The predicted octanol–water partition coefficient (Wildman–Crippen LogP) is 3.97. The Morgan fingerprint density at radius 3 is 2.35 bits per heavy atom. The molecule has 0 amide bonds. The van der Waals surface area contributed by atoms with Gasteiger partial charge in [-0.2, -0.15) is 0 Å². The standard InChI is InChI=1S/C16H14FNO2/c1-10(19)12-7-13(17)9-14(8-12)18-16-6-4-3-5-15(16)11(2)20/h3-9,18H,1-2H3. The summed E-state index contributed by atoms with van der Waals surface area (Å²) < 4.78 is 13.5. The summed E-state index contributed by atoms with van der Waals surface area (Å²) in [7, 11) is 0. The third-order valence-electron chi connectivity index (χ3n) is 2.89. The van der Waals surface area contributed by atoms with Crippen molar-refractivity contribution in [1.29, 1.82) is 0 Å². The molecule has 0 saturated carbocycles. The zero-order valence-corrected chi connectivity index (χ0v) is 11.2. The second-order valence-corrected chi connectivity index (χ2v) is 4.51. The molecule has 2 aromatic rings. The molecule has 0 aromatic heterocycles. The van der Waals surface area contributed by atoms with Gasteiger partial charge in [0.25, 0.3) is 0 Å². The third-order valence-corrected chi connectivity index (χ3v) is 2.89. The summed E-state index contributed by atoms with van der Waals surface area (Å²) in [6.07, 6.45) is 0. The second kappa shape index (κ2) is 5.65. The maximum Gasteiger partial charge on any atom is 0.161 e. The number of para-hydroxylation sites is 1. The largest absolute Gasteiger partial charge is 0.355 e. The van der Waals surface area contributed by atoms with Crippen molar-refractivity contribution in [3.05, 3.63) is 59.4 Å². The lowest BCUT2D eigenvalue weighted by Crippen LogP contribution is -2.02. The number of rotatable bonds is 4. The molecule has 1 N–H and O–H groups in total. The van der Waals surface area contributed by atoms with Crippen molar-refractivity contribution >= 4 is 22.9 Å². The molecule has 2 rings (SSSR count). The van der Waals surface area contributed by atoms with Gasteiger partial charge in [0.1, 0.15) is 5.82 Å². The minimum Gasteiger partial charge on any atom is -0.355 e. The highest BCUT2D eigenvalue weighted by Gasteiger charge is 2.09. The molecule has 0 bridgehead atoms. The summed E-state index contributed by atoms with van der Waals surface area (Å²) in [6, 6.07) is 11.0. The van der Waals surface area contributed by atoms with Gasteiger partial charge in [-0.05, 0) is 44.2 Å². The number of anilines is 2. The van der Waals surface area contributed by atoms with Gasteiger partial charge in [0.05, 0.1) is 0 Å². The topological polar surface area (TPSA) is 46.2 Å². The van der Waals surface area contributed by atoms with E-state index in [0.29, 0.717) is 16.9 Å². The predicted molar refractivity (Wildman–Crippen MR) is 76.1 cm³/mol. The minimum absolute atomic E-state index is 0.0868. The first-order valence-corrected chi connectivity index (χ1v) is 6.16. The molecule has 102 valence electrons. The molecule has 20 heavy (non-hydrogen) atoms. The van der Waals surface area contributed by atoms with E-state index in [0.717, 1.165) is 0 Å². The van der Waals surface area contributed by atoms with Crippen LogP contribution in [0.2, 0.25) is 0 Å². The molecule has 0 aliphatic heterocycles. The molecule has 0 unspecified atom stereocenters. The molecule has 0 fully saturated rings. The zero-order chi connectivity index (χ0) is 14.7. The summed E-state index contributed by atoms with van der Waals surface area (Å²) in [5.41, 5.74) is 1.82. The van der Waals surface area contributed by atoms with Crippen molar-refractivity contribution in [1.82, 2.24) is 0 Å². The quantitative estimate of drug-likeness (QED) is 0.856. The zero-order valence-electron chi connectivity index (χ0n) is 11.2. The molecule has 0 aliphatic carbocycles. The van der Waals surface area contributed by atoms with Gasteiger partial charge in [-0.25, -0.2) is 4.39 Å². The molecule has 3 nitrogen and oxygen atoms in total. The van der Waals surface area contributed by atoms with Crippen LogP contribution in [0.25, 0.3) is 0 Å². The molecule has 0 aliphatic rings. The van der Waals surface area contributed by atoms with Crippen LogP contribution in [0.4, 0.5) is 15.8 Å². The Bertz CT molecular complexity index is 680. The first kappa shape index (κ1) is 13.9. The van der Waals surface area contributed by atoms with E-state index in [4.69, 9.17) is 0 Å². The van der Waals surface area contributed by atoms with E-state index in [1.807, 2.05) is 0 Å². The van der Waals surface area contributed by atoms with Crippen LogP contribution in [0, 0.1) is 5.82 Å². The number of benzene rings is 2. The molecule has 0 atom stereocenters. The van der Waals surface area contributed by atoms with E-state index in [2.05, 4.69) is 5.32 Å². The molecule has 0 spiro atoms. The van der Waals surface area contributed by atoms with Crippen molar-refractivity contribution in [2.45, 2.75) is 13.8 Å². The van der Waals surface area contributed by atoms with Gasteiger partial charge in [-0.1, -0.05) is 12.1 Å². The highest BCUT2D eigenvalue weighted by molar-refractivity contribution is 6.00. The number of nitrogens with one attached hydrogen (secondary N) is 1. The Labute approximate surface area is 116 Å². The van der Waals surface area contributed by atoms with E-state index < -0.39 is 5.82 Å². The first-order valence-electron chi connectivity index (χ1n) is 6.16. The lowest BCUT2D eigenvalue weighted by Gasteiger charge is -2.11. The fraction of sp³-hybridized carbons (Fsp3) is 0.125. The fourth-order valence-corrected chi connectivity index (χ4v) is 1.92. The van der Waals surface area contributed by atoms with Crippen LogP contribution in [0.3, 0.4) is 0 Å². The molecule has 0 saturated heterocycles. The molecule has 2 aromatic carbocycles. The SMILES string of the molecule is CC(=O)c1cc(F)cc(Nc2ccccc2C(C)=O)c1. The molecular formula is C16H14FNO2. The number of Topliss-reactive ketones (excluding diaryl/α,β-unsaturated/α-hetero) is 2. The van der Waals surface area contributed by atoms with Crippen LogP contribution in [0.1, 0.15) is 34.6 Å². The first-order chi connectivity index (χ1) is 9.47. The third kappa shape index (κ3) is 3.09. The van der Waals surface area contributed by atoms with Crippen molar-refractivity contribution in [2.24, 2.45) is 0 Å². The summed E-state index contributed by atoms with van der Waals surface area (Å²) in [5.74, 6) is -0.802. The minimum atomic E-state index is -0.500. The highest BCUT2D eigenvalue weighted by Crippen LogP contribution is 2.23. The van der Waals surface area contributed by atoms with E-state index >= 15 is 0 Å². The Hall–Kier alpha value is -2.49. The summed E-state index contributed by atoms with van der Waals surface area (Å²) in [6.45, 7) is 2.84. The van der Waals surface area contributed by atoms with Gasteiger partial charge < -0.3 is 5.32 Å². The van der Waals surface area contributed by atoms with Gasteiger partial charge in [0.2, 0.25) is 0 Å². The number of halogens is 1. The van der Waals surface area contributed by atoms with E-state index in [1.54, 1.807) is 30.3 Å². The average molecular weight is 271 g/mol. The van der Waals surface area contributed by atoms with Gasteiger partial charge in [-0.3, -0.25) is 9.59 Å². The van der Waals surface area contributed by atoms with Crippen LogP contribution in [0.15, 0.2) is 42.5 Å². The van der Waals surface area contributed by atoms with Crippen molar-refractivity contribution in [3.63, 3.8) is 0 Å². The van der Waals surface area contributed by atoms with Crippen LogP contribution in [-0.2, 0) is 0 Å². The number of carbonyl (C=O) groups excluding carboxylic acids is 2. The highest BCUT2D eigenvalue weighted by atomic mass is 19.1. The van der Waals surface area contributed by atoms with Gasteiger partial charge in [0.15, 0.2) is 11.6 Å². The Kier molecular flexibility index (Phi) is 3.94. The number of hydrogen-bond donors (Lipinski definition) is 1. The fourth-order valence-electron chi connectivity index (χ4n) is 1.92. The number of hydrogen-bond acceptors (Lipinski definition) is 3. The monoisotopic (exact) mass is 271 g/mol. The Morgan fingerprint density at radius 1 is 1.00 bits per heavy atom. The van der Waals surface area contributed by atoms with Gasteiger partial charge in [0, 0.05) is 22.5 Å². The summed E-state index contributed by atoms with van der Waals surface area (Å²) in [4.78, 5) is 22.9. The van der Waals surface area contributed by atoms with Crippen molar-refractivity contribution < 1.29 is 14.0 Å². The smallest absolute Gasteiger partial charge is 0.161 e. The second-order valence-electron chi connectivity index (χ2n) is 4.51. The van der Waals surface area contributed by atoms with Crippen molar-refractivity contribution in [3.8, 4) is 0 Å². The summed E-state index contributed by atoms with van der Waals surface area (Å²) in [5, 5.41) is 2.98. The van der Waals surface area contributed by atoms with E-state index in [1.165, 1.54) is 26.0 Å². The normalized spacial score (nSPS) is 10.2. The molecular weight excluding hydrogens is 257 g/mol. The molecule has 0 radical (unpaired) electrons. The van der Waals surface area contributed by atoms with Crippen molar-refractivity contribution in [2.75, 3.05) is 5.32 Å². The van der Waals surface area contributed by atoms with Crippen LogP contribution >= 0.6 is 0 Å². The lowest BCUT2D eigenvalue weighted by atomic mass is 10.1. The van der Waals surface area contributed by atoms with Gasteiger partial charge >= 0.3 is 0 Å². The van der Waals surface area contributed by atoms with Gasteiger partial charge in [-0.15, -0.1) is 0 Å². The lowest BCUT2D eigenvalue weighted by molar-refractivity contribution is 0.100. The Balaban J connectivity index is 2.40. The molecule has 4 heteroatoms.